The number of ether oxygens (including phenoxy) is 1. The topological polar surface area (TPSA) is 91.7 Å². The second-order valence-corrected chi connectivity index (χ2v) is 9.15. The number of likely N-dealkylation sites (N-methyl/N-ethyl adjacent to an activating group) is 1. The third-order valence-electron chi connectivity index (χ3n) is 6.27. The standard InChI is InChI=1S/C26H30FN5O3/c1-17-12-32(18(2)15-33)26(34)23-8-20(21-9-28-16-29-10-21)11-30-25(23)35-24(17)14-31(3)13-19-4-6-22(27)7-5-19/h4-11,16-18,24,33H,12-15H2,1-3H3/t17-,18+,24+/m0/s1. The van der Waals surface area contributed by atoms with E-state index in [-0.39, 0.29) is 42.3 Å². The predicted octanol–water partition coefficient (Wildman–Crippen LogP) is 3.03. The quantitative estimate of drug-likeness (QED) is 0.557. The summed E-state index contributed by atoms with van der Waals surface area (Å²) >= 11 is 0. The number of hydrogen-bond donors (Lipinski definition) is 1. The van der Waals surface area contributed by atoms with Crippen LogP contribution in [0.4, 0.5) is 4.39 Å². The number of aliphatic hydroxyl groups excluding tert-OH is 1. The molecule has 0 spiro atoms. The molecule has 1 aliphatic rings. The normalized spacial score (nSPS) is 19.0. The van der Waals surface area contributed by atoms with E-state index >= 15 is 0 Å². The van der Waals surface area contributed by atoms with Gasteiger partial charge in [-0.1, -0.05) is 19.1 Å². The van der Waals surface area contributed by atoms with E-state index < -0.39 is 0 Å². The molecule has 4 rings (SSSR count). The molecule has 3 heterocycles. The fraction of sp³-hybridized carbons (Fsp3) is 0.385. The molecule has 1 N–H and O–H groups in total. The molecule has 3 aromatic rings. The Labute approximate surface area is 204 Å². The number of benzene rings is 1. The summed E-state index contributed by atoms with van der Waals surface area (Å²) in [5.41, 5.74) is 2.77. The van der Waals surface area contributed by atoms with Crippen LogP contribution in [0.1, 0.15) is 29.8 Å². The van der Waals surface area contributed by atoms with E-state index in [1.807, 2.05) is 20.9 Å². The third kappa shape index (κ3) is 5.80. The Balaban J connectivity index is 1.63. The predicted molar refractivity (Wildman–Crippen MR) is 129 cm³/mol. The van der Waals surface area contributed by atoms with Crippen LogP contribution in [0.3, 0.4) is 0 Å². The second-order valence-electron chi connectivity index (χ2n) is 9.15. The maximum absolute atomic E-state index is 13.5. The molecule has 9 heteroatoms. The van der Waals surface area contributed by atoms with Crippen molar-refractivity contribution < 1.29 is 19.0 Å². The SMILES string of the molecule is C[C@H](CO)N1C[C@H](C)[C@@H](CN(C)Cc2ccc(F)cc2)Oc2ncc(-c3cncnc3)cc2C1=O. The first-order valence-corrected chi connectivity index (χ1v) is 11.6. The highest BCUT2D eigenvalue weighted by Gasteiger charge is 2.34. The maximum atomic E-state index is 13.5. The number of amides is 1. The first-order valence-electron chi connectivity index (χ1n) is 11.6. The van der Waals surface area contributed by atoms with Gasteiger partial charge in [-0.2, -0.15) is 0 Å². The van der Waals surface area contributed by atoms with Crippen molar-refractivity contribution in [1.82, 2.24) is 24.8 Å². The van der Waals surface area contributed by atoms with Crippen LogP contribution in [0.25, 0.3) is 11.1 Å². The Bertz CT molecular complexity index is 1150. The highest BCUT2D eigenvalue weighted by atomic mass is 19.1. The Kier molecular flexibility index (Phi) is 7.67. The minimum atomic E-state index is -0.364. The zero-order valence-electron chi connectivity index (χ0n) is 20.1. The number of rotatable bonds is 7. The minimum absolute atomic E-state index is 0.0271. The maximum Gasteiger partial charge on any atom is 0.259 e. The van der Waals surface area contributed by atoms with Crippen LogP contribution >= 0.6 is 0 Å². The molecule has 3 atom stereocenters. The Hall–Kier alpha value is -3.43. The average molecular weight is 480 g/mol. The van der Waals surface area contributed by atoms with Crippen molar-refractivity contribution in [2.45, 2.75) is 32.5 Å². The van der Waals surface area contributed by atoms with E-state index in [0.29, 0.717) is 30.8 Å². The highest BCUT2D eigenvalue weighted by Crippen LogP contribution is 2.30. The first-order chi connectivity index (χ1) is 16.9. The highest BCUT2D eigenvalue weighted by molar-refractivity contribution is 5.98. The van der Waals surface area contributed by atoms with Gasteiger partial charge in [0.1, 0.15) is 23.8 Å². The summed E-state index contributed by atoms with van der Waals surface area (Å²) in [5.74, 6) is -0.267. The summed E-state index contributed by atoms with van der Waals surface area (Å²) in [5, 5.41) is 9.84. The molecule has 184 valence electrons. The monoisotopic (exact) mass is 479 g/mol. The number of nitrogens with zero attached hydrogens (tertiary/aromatic N) is 5. The number of carbonyl (C=O) groups excluding carboxylic acids is 1. The summed E-state index contributed by atoms with van der Waals surface area (Å²) in [6.45, 7) is 5.32. The van der Waals surface area contributed by atoms with Crippen LogP contribution in [0.2, 0.25) is 0 Å². The number of carbonyl (C=O) groups is 1. The lowest BCUT2D eigenvalue weighted by molar-refractivity contribution is 0.0325. The van der Waals surface area contributed by atoms with Gasteiger partial charge < -0.3 is 14.7 Å². The third-order valence-corrected chi connectivity index (χ3v) is 6.27. The lowest BCUT2D eigenvalue weighted by atomic mass is 9.99. The largest absolute Gasteiger partial charge is 0.472 e. The van der Waals surface area contributed by atoms with Gasteiger partial charge in [-0.05, 0) is 37.7 Å². The molecule has 0 unspecified atom stereocenters. The number of fused-ring (bicyclic) bond motifs is 1. The summed E-state index contributed by atoms with van der Waals surface area (Å²) < 4.78 is 19.6. The van der Waals surface area contributed by atoms with E-state index in [9.17, 15) is 14.3 Å². The molecule has 1 amide bonds. The fourth-order valence-corrected chi connectivity index (χ4v) is 4.20. The van der Waals surface area contributed by atoms with Crippen LogP contribution in [0.15, 0.2) is 55.2 Å². The molecule has 0 aliphatic carbocycles. The van der Waals surface area contributed by atoms with Gasteiger partial charge in [-0.15, -0.1) is 0 Å². The fourth-order valence-electron chi connectivity index (χ4n) is 4.20. The Morgan fingerprint density at radius 2 is 1.91 bits per heavy atom. The molecule has 0 saturated heterocycles. The lowest BCUT2D eigenvalue weighted by Gasteiger charge is -2.37. The molecule has 0 fully saturated rings. The van der Waals surface area contributed by atoms with Crippen molar-refractivity contribution in [3.63, 3.8) is 0 Å². The number of pyridine rings is 1. The van der Waals surface area contributed by atoms with Gasteiger partial charge in [-0.3, -0.25) is 9.69 Å². The molecule has 1 aliphatic heterocycles. The van der Waals surface area contributed by atoms with E-state index in [1.54, 1.807) is 41.7 Å². The van der Waals surface area contributed by atoms with Crippen molar-refractivity contribution in [3.8, 4) is 17.0 Å². The summed E-state index contributed by atoms with van der Waals surface area (Å²) in [4.78, 5) is 29.9. The minimum Gasteiger partial charge on any atom is -0.472 e. The van der Waals surface area contributed by atoms with Gasteiger partial charge in [0.05, 0.1) is 12.6 Å². The zero-order valence-corrected chi connectivity index (χ0v) is 20.1. The van der Waals surface area contributed by atoms with Gasteiger partial charge >= 0.3 is 0 Å². The van der Waals surface area contributed by atoms with Crippen LogP contribution in [-0.4, -0.2) is 74.7 Å². The number of halogens is 1. The van der Waals surface area contributed by atoms with Crippen LogP contribution in [-0.2, 0) is 6.54 Å². The molecule has 1 aromatic carbocycles. The molecule has 8 nitrogen and oxygen atoms in total. The van der Waals surface area contributed by atoms with Gasteiger partial charge in [0.25, 0.3) is 5.91 Å². The van der Waals surface area contributed by atoms with Crippen molar-refractivity contribution in [2.24, 2.45) is 5.92 Å². The molecule has 35 heavy (non-hydrogen) atoms. The summed E-state index contributed by atoms with van der Waals surface area (Å²) in [6, 6.07) is 7.82. The van der Waals surface area contributed by atoms with Crippen molar-refractivity contribution in [1.29, 1.82) is 0 Å². The Morgan fingerprint density at radius 1 is 1.20 bits per heavy atom. The lowest BCUT2D eigenvalue weighted by Crippen LogP contribution is -2.49. The number of hydrogen-bond acceptors (Lipinski definition) is 7. The molecule has 2 aromatic heterocycles. The van der Waals surface area contributed by atoms with Crippen LogP contribution in [0.5, 0.6) is 5.88 Å². The van der Waals surface area contributed by atoms with E-state index in [2.05, 4.69) is 19.9 Å². The summed E-state index contributed by atoms with van der Waals surface area (Å²) in [7, 11) is 1.98. The van der Waals surface area contributed by atoms with Crippen molar-refractivity contribution >= 4 is 5.91 Å². The van der Waals surface area contributed by atoms with Gasteiger partial charge in [0.2, 0.25) is 5.88 Å². The van der Waals surface area contributed by atoms with Crippen LogP contribution < -0.4 is 4.74 Å². The smallest absolute Gasteiger partial charge is 0.259 e. The van der Waals surface area contributed by atoms with Crippen molar-refractivity contribution in [2.75, 3.05) is 26.7 Å². The average Bonchev–Trinajstić information content (AvgIpc) is 2.87. The van der Waals surface area contributed by atoms with E-state index in [4.69, 9.17) is 4.74 Å². The molecule has 0 radical (unpaired) electrons. The Morgan fingerprint density at radius 3 is 2.60 bits per heavy atom. The van der Waals surface area contributed by atoms with Gasteiger partial charge in [0, 0.05) is 55.3 Å². The number of aromatic nitrogens is 3. The molecule has 0 saturated carbocycles. The van der Waals surface area contributed by atoms with E-state index in [0.717, 1.165) is 11.1 Å². The number of aliphatic hydroxyl groups is 1. The summed E-state index contributed by atoms with van der Waals surface area (Å²) in [6.07, 6.45) is 6.15. The molecular formula is C26H30FN5O3. The van der Waals surface area contributed by atoms with Crippen LogP contribution in [0, 0.1) is 11.7 Å². The van der Waals surface area contributed by atoms with Crippen molar-refractivity contribution in [3.05, 3.63) is 72.2 Å². The zero-order chi connectivity index (χ0) is 24.9. The second kappa shape index (κ2) is 10.9. The first kappa shape index (κ1) is 24.7. The van der Waals surface area contributed by atoms with Gasteiger partial charge in [-0.25, -0.2) is 19.3 Å². The van der Waals surface area contributed by atoms with E-state index in [1.165, 1.54) is 18.5 Å². The molecule has 0 bridgehead atoms. The van der Waals surface area contributed by atoms with Gasteiger partial charge in [0.15, 0.2) is 0 Å². The molecular weight excluding hydrogens is 449 g/mol.